The molecule has 72 valence electrons. The normalized spacial score (nSPS) is 13.2. The van der Waals surface area contributed by atoms with Crippen LogP contribution in [0.2, 0.25) is 0 Å². The lowest BCUT2D eigenvalue weighted by molar-refractivity contribution is 0.105. The van der Waals surface area contributed by atoms with Gasteiger partial charge in [-0.05, 0) is 12.0 Å². The van der Waals surface area contributed by atoms with Crippen molar-refractivity contribution in [3.63, 3.8) is 0 Å². The van der Waals surface area contributed by atoms with E-state index in [9.17, 15) is 9.90 Å². The summed E-state index contributed by atoms with van der Waals surface area (Å²) in [5.74, 6) is 0.145. The standard InChI is InChI=1S/C9H14N2O2/c1-7(2)8(12)6-11-5-3-4-10-9(11)13/h3-5,7-8,12H,6H2,1-2H3. The van der Waals surface area contributed by atoms with Gasteiger partial charge in [0.1, 0.15) is 0 Å². The van der Waals surface area contributed by atoms with Gasteiger partial charge in [-0.3, -0.25) is 4.57 Å². The Balaban J connectivity index is 2.75. The summed E-state index contributed by atoms with van der Waals surface area (Å²) in [4.78, 5) is 14.7. The van der Waals surface area contributed by atoms with Gasteiger partial charge < -0.3 is 5.11 Å². The van der Waals surface area contributed by atoms with Gasteiger partial charge in [-0.2, -0.15) is 0 Å². The maximum absolute atomic E-state index is 11.1. The molecule has 1 atom stereocenters. The second-order valence-electron chi connectivity index (χ2n) is 3.37. The monoisotopic (exact) mass is 182 g/mol. The molecular formula is C9H14N2O2. The van der Waals surface area contributed by atoms with Crippen LogP contribution in [0.15, 0.2) is 23.3 Å². The molecule has 0 amide bonds. The molecule has 0 aliphatic rings. The van der Waals surface area contributed by atoms with Crippen LogP contribution in [0, 0.1) is 5.92 Å². The van der Waals surface area contributed by atoms with Crippen molar-refractivity contribution in [3.05, 3.63) is 28.9 Å². The number of nitrogens with zero attached hydrogens (tertiary/aromatic N) is 2. The van der Waals surface area contributed by atoms with Crippen molar-refractivity contribution in [2.45, 2.75) is 26.5 Å². The van der Waals surface area contributed by atoms with Gasteiger partial charge >= 0.3 is 5.69 Å². The Hall–Kier alpha value is -1.16. The molecule has 13 heavy (non-hydrogen) atoms. The molecule has 0 fully saturated rings. The Morgan fingerprint density at radius 1 is 1.62 bits per heavy atom. The van der Waals surface area contributed by atoms with E-state index in [0.717, 1.165) is 0 Å². The third-order valence-electron chi connectivity index (χ3n) is 1.94. The summed E-state index contributed by atoms with van der Waals surface area (Å²) >= 11 is 0. The summed E-state index contributed by atoms with van der Waals surface area (Å²) in [6, 6.07) is 1.68. The van der Waals surface area contributed by atoms with Crippen molar-refractivity contribution in [1.82, 2.24) is 9.55 Å². The third-order valence-corrected chi connectivity index (χ3v) is 1.94. The molecule has 1 aromatic rings. The molecule has 0 aliphatic heterocycles. The molecule has 4 nitrogen and oxygen atoms in total. The Bertz CT molecular complexity index is 319. The topological polar surface area (TPSA) is 55.1 Å². The molecule has 0 saturated heterocycles. The highest BCUT2D eigenvalue weighted by Gasteiger charge is 2.10. The Kier molecular flexibility index (Phi) is 3.19. The fourth-order valence-electron chi connectivity index (χ4n) is 0.938. The minimum Gasteiger partial charge on any atom is -0.391 e. The molecule has 1 unspecified atom stereocenters. The van der Waals surface area contributed by atoms with Crippen LogP contribution in [0.3, 0.4) is 0 Å². The average Bonchev–Trinajstić information content (AvgIpc) is 2.08. The lowest BCUT2D eigenvalue weighted by Crippen LogP contribution is -2.30. The molecule has 0 bridgehead atoms. The third kappa shape index (κ3) is 2.66. The molecule has 0 saturated carbocycles. The first kappa shape index (κ1) is 9.92. The minimum absolute atomic E-state index is 0.145. The largest absolute Gasteiger partial charge is 0.391 e. The molecule has 0 aromatic carbocycles. The highest BCUT2D eigenvalue weighted by molar-refractivity contribution is 4.81. The molecule has 0 aliphatic carbocycles. The van der Waals surface area contributed by atoms with Crippen LogP contribution in [-0.2, 0) is 6.54 Å². The molecule has 4 heteroatoms. The number of aromatic nitrogens is 2. The molecule has 1 N–H and O–H groups in total. The molecule has 0 radical (unpaired) electrons. The van der Waals surface area contributed by atoms with E-state index in [1.165, 1.54) is 10.8 Å². The number of hydrogen-bond acceptors (Lipinski definition) is 3. The maximum atomic E-state index is 11.1. The molecule has 1 heterocycles. The van der Waals surface area contributed by atoms with E-state index in [0.29, 0.717) is 6.54 Å². The fourth-order valence-corrected chi connectivity index (χ4v) is 0.938. The lowest BCUT2D eigenvalue weighted by atomic mass is 10.1. The summed E-state index contributed by atoms with van der Waals surface area (Å²) < 4.78 is 1.41. The molecule has 1 rings (SSSR count). The van der Waals surface area contributed by atoms with Gasteiger partial charge in [0.2, 0.25) is 0 Å². The predicted octanol–water partition coefficient (Wildman–Crippen LogP) is 0.260. The van der Waals surface area contributed by atoms with Crippen LogP contribution >= 0.6 is 0 Å². The van der Waals surface area contributed by atoms with Gasteiger partial charge in [-0.15, -0.1) is 0 Å². The van der Waals surface area contributed by atoms with Crippen molar-refractivity contribution in [2.24, 2.45) is 5.92 Å². The molecule has 1 aromatic heterocycles. The quantitative estimate of drug-likeness (QED) is 0.729. The minimum atomic E-state index is -0.498. The van der Waals surface area contributed by atoms with Crippen LogP contribution in [0.1, 0.15) is 13.8 Å². The summed E-state index contributed by atoms with van der Waals surface area (Å²) in [5.41, 5.74) is -0.317. The zero-order valence-electron chi connectivity index (χ0n) is 7.84. The summed E-state index contributed by atoms with van der Waals surface area (Å²) in [6.45, 7) is 4.13. The summed E-state index contributed by atoms with van der Waals surface area (Å²) in [7, 11) is 0. The van der Waals surface area contributed by atoms with Gasteiger partial charge in [-0.25, -0.2) is 9.78 Å². The predicted molar refractivity (Wildman–Crippen MR) is 49.3 cm³/mol. The van der Waals surface area contributed by atoms with E-state index in [1.54, 1.807) is 12.3 Å². The average molecular weight is 182 g/mol. The number of aliphatic hydroxyl groups is 1. The van der Waals surface area contributed by atoms with Gasteiger partial charge in [0.15, 0.2) is 0 Å². The zero-order valence-corrected chi connectivity index (χ0v) is 7.84. The van der Waals surface area contributed by atoms with Gasteiger partial charge in [0.25, 0.3) is 0 Å². The van der Waals surface area contributed by atoms with Crippen LogP contribution < -0.4 is 5.69 Å². The van der Waals surface area contributed by atoms with E-state index in [-0.39, 0.29) is 11.6 Å². The first-order chi connectivity index (χ1) is 6.11. The highest BCUT2D eigenvalue weighted by Crippen LogP contribution is 2.02. The van der Waals surface area contributed by atoms with E-state index >= 15 is 0 Å². The molecule has 0 spiro atoms. The number of hydrogen-bond donors (Lipinski definition) is 1. The molecular weight excluding hydrogens is 168 g/mol. The number of rotatable bonds is 3. The van der Waals surface area contributed by atoms with Crippen molar-refractivity contribution in [1.29, 1.82) is 0 Å². The fraction of sp³-hybridized carbons (Fsp3) is 0.556. The van der Waals surface area contributed by atoms with Crippen molar-refractivity contribution in [3.8, 4) is 0 Å². The van der Waals surface area contributed by atoms with E-state index in [1.807, 2.05) is 13.8 Å². The second-order valence-corrected chi connectivity index (χ2v) is 3.37. The van der Waals surface area contributed by atoms with Gasteiger partial charge in [0.05, 0.1) is 12.6 Å². The first-order valence-electron chi connectivity index (χ1n) is 4.31. The summed E-state index contributed by atoms with van der Waals surface area (Å²) in [5, 5.41) is 9.52. The van der Waals surface area contributed by atoms with Crippen LogP contribution in [0.4, 0.5) is 0 Å². The summed E-state index contributed by atoms with van der Waals surface area (Å²) in [6.07, 6.45) is 2.57. The Morgan fingerprint density at radius 3 is 2.85 bits per heavy atom. The highest BCUT2D eigenvalue weighted by atomic mass is 16.3. The van der Waals surface area contributed by atoms with Crippen LogP contribution in [0.25, 0.3) is 0 Å². The Morgan fingerprint density at radius 2 is 2.31 bits per heavy atom. The SMILES string of the molecule is CC(C)C(O)Cn1cccnc1=O. The van der Waals surface area contributed by atoms with Gasteiger partial charge in [-0.1, -0.05) is 13.8 Å². The van der Waals surface area contributed by atoms with Crippen molar-refractivity contribution < 1.29 is 5.11 Å². The van der Waals surface area contributed by atoms with E-state index in [2.05, 4.69) is 4.98 Å². The van der Waals surface area contributed by atoms with Crippen molar-refractivity contribution in [2.75, 3.05) is 0 Å². The van der Waals surface area contributed by atoms with E-state index in [4.69, 9.17) is 0 Å². The van der Waals surface area contributed by atoms with Crippen LogP contribution in [-0.4, -0.2) is 20.8 Å². The first-order valence-corrected chi connectivity index (χ1v) is 4.31. The smallest absolute Gasteiger partial charge is 0.347 e. The lowest BCUT2D eigenvalue weighted by Gasteiger charge is -2.14. The van der Waals surface area contributed by atoms with Crippen LogP contribution in [0.5, 0.6) is 0 Å². The zero-order chi connectivity index (χ0) is 9.84. The maximum Gasteiger partial charge on any atom is 0.347 e. The van der Waals surface area contributed by atoms with E-state index < -0.39 is 6.10 Å². The Labute approximate surface area is 76.9 Å². The second kappa shape index (κ2) is 4.18. The van der Waals surface area contributed by atoms with Gasteiger partial charge in [0, 0.05) is 12.4 Å². The number of aliphatic hydroxyl groups excluding tert-OH is 1. The van der Waals surface area contributed by atoms with Crippen molar-refractivity contribution >= 4 is 0 Å².